The molecule has 128 valence electrons. The number of carbonyl (C=O) groups is 1. The number of nitrogens with zero attached hydrogens (tertiary/aromatic N) is 4. The van der Waals surface area contributed by atoms with Crippen molar-refractivity contribution in [3.8, 4) is 0 Å². The fourth-order valence-electron chi connectivity index (χ4n) is 2.87. The molecule has 0 aliphatic carbocycles. The molecule has 1 aliphatic rings. The maximum absolute atomic E-state index is 12.9. The average Bonchev–Trinajstić information content (AvgIpc) is 2.95. The summed E-state index contributed by atoms with van der Waals surface area (Å²) < 4.78 is 0. The van der Waals surface area contributed by atoms with E-state index >= 15 is 0 Å². The molecule has 1 fully saturated rings. The van der Waals surface area contributed by atoms with Crippen LogP contribution in [0.1, 0.15) is 26.7 Å². The van der Waals surface area contributed by atoms with E-state index in [4.69, 9.17) is 11.6 Å². The maximum Gasteiger partial charge on any atom is 0.245 e. The second-order valence-electron chi connectivity index (χ2n) is 6.74. The zero-order valence-corrected chi connectivity index (χ0v) is 15.0. The number of likely N-dealkylation sites (tertiary alicyclic amines) is 1. The van der Waals surface area contributed by atoms with Crippen molar-refractivity contribution in [1.82, 2.24) is 19.8 Å². The van der Waals surface area contributed by atoms with Crippen LogP contribution < -0.4 is 5.32 Å². The molecular formula is C16H26ClN5O. The Labute approximate surface area is 143 Å². The largest absolute Gasteiger partial charge is 0.357 e. The van der Waals surface area contributed by atoms with Gasteiger partial charge in [0.1, 0.15) is 17.0 Å². The third-order valence-electron chi connectivity index (χ3n) is 4.14. The Balaban J connectivity index is 2.07. The van der Waals surface area contributed by atoms with Gasteiger partial charge in [0.15, 0.2) is 0 Å². The van der Waals surface area contributed by atoms with Crippen molar-refractivity contribution in [1.29, 1.82) is 0 Å². The van der Waals surface area contributed by atoms with Crippen molar-refractivity contribution in [2.75, 3.05) is 32.5 Å². The van der Waals surface area contributed by atoms with Crippen molar-refractivity contribution >= 4 is 23.3 Å². The van der Waals surface area contributed by atoms with Crippen molar-refractivity contribution in [2.45, 2.75) is 38.8 Å². The van der Waals surface area contributed by atoms with Gasteiger partial charge >= 0.3 is 0 Å². The first-order chi connectivity index (χ1) is 10.9. The second-order valence-corrected chi connectivity index (χ2v) is 7.13. The summed E-state index contributed by atoms with van der Waals surface area (Å²) in [5.41, 5.74) is 0. The summed E-state index contributed by atoms with van der Waals surface area (Å²) in [6.45, 7) is 5.80. The van der Waals surface area contributed by atoms with E-state index in [0.29, 0.717) is 22.9 Å². The molecule has 1 amide bonds. The highest BCUT2D eigenvalue weighted by atomic mass is 35.5. The van der Waals surface area contributed by atoms with Gasteiger partial charge in [0.25, 0.3) is 0 Å². The molecule has 6 nitrogen and oxygen atoms in total. The van der Waals surface area contributed by atoms with Crippen LogP contribution in [0.15, 0.2) is 12.4 Å². The number of amides is 1. The van der Waals surface area contributed by atoms with Crippen LogP contribution in [0.25, 0.3) is 0 Å². The fourth-order valence-corrected chi connectivity index (χ4v) is 3.01. The molecule has 2 heterocycles. The second kappa shape index (κ2) is 7.93. The summed E-state index contributed by atoms with van der Waals surface area (Å²) in [7, 11) is 4.12. The van der Waals surface area contributed by atoms with E-state index in [1.807, 2.05) is 4.90 Å². The molecular weight excluding hydrogens is 314 g/mol. The van der Waals surface area contributed by atoms with Gasteiger partial charge < -0.3 is 15.1 Å². The normalized spacial score (nSPS) is 19.4. The third-order valence-corrected chi connectivity index (χ3v) is 4.32. The SMILES string of the molecule is CC(C)C[C@H](Nc1cncc(Cl)n1)C(=O)N1CC[C@H](N(C)C)C1. The monoisotopic (exact) mass is 339 g/mol. The van der Waals surface area contributed by atoms with Gasteiger partial charge in [-0.2, -0.15) is 0 Å². The first-order valence-corrected chi connectivity index (χ1v) is 8.44. The van der Waals surface area contributed by atoms with E-state index in [0.717, 1.165) is 25.9 Å². The molecule has 1 aromatic heterocycles. The van der Waals surface area contributed by atoms with Gasteiger partial charge in [-0.05, 0) is 32.9 Å². The van der Waals surface area contributed by atoms with E-state index in [1.54, 1.807) is 6.20 Å². The Morgan fingerprint density at radius 1 is 1.48 bits per heavy atom. The number of hydrogen-bond donors (Lipinski definition) is 1. The molecule has 0 aromatic carbocycles. The summed E-state index contributed by atoms with van der Waals surface area (Å²) in [6.07, 6.45) is 4.84. The van der Waals surface area contributed by atoms with Crippen LogP contribution in [-0.4, -0.2) is 64.9 Å². The van der Waals surface area contributed by atoms with E-state index in [-0.39, 0.29) is 11.9 Å². The highest BCUT2D eigenvalue weighted by Gasteiger charge is 2.32. The van der Waals surface area contributed by atoms with Gasteiger partial charge in [-0.1, -0.05) is 25.4 Å². The highest BCUT2D eigenvalue weighted by molar-refractivity contribution is 6.29. The van der Waals surface area contributed by atoms with Crippen LogP contribution in [-0.2, 0) is 4.79 Å². The average molecular weight is 340 g/mol. The molecule has 0 saturated carbocycles. The summed E-state index contributed by atoms with van der Waals surface area (Å²) >= 11 is 5.88. The predicted octanol–water partition coefficient (Wildman–Crippen LogP) is 2.12. The van der Waals surface area contributed by atoms with Gasteiger partial charge in [-0.3, -0.25) is 9.78 Å². The Morgan fingerprint density at radius 3 is 2.78 bits per heavy atom. The van der Waals surface area contributed by atoms with E-state index in [9.17, 15) is 4.79 Å². The van der Waals surface area contributed by atoms with E-state index < -0.39 is 0 Å². The lowest BCUT2D eigenvalue weighted by Gasteiger charge is -2.26. The Morgan fingerprint density at radius 2 is 2.22 bits per heavy atom. The van der Waals surface area contributed by atoms with Crippen molar-refractivity contribution in [3.05, 3.63) is 17.5 Å². The molecule has 1 N–H and O–H groups in total. The molecule has 7 heteroatoms. The third kappa shape index (κ3) is 5.04. The molecule has 0 radical (unpaired) electrons. The summed E-state index contributed by atoms with van der Waals surface area (Å²) in [5, 5.41) is 3.53. The maximum atomic E-state index is 12.9. The van der Waals surface area contributed by atoms with Gasteiger partial charge in [0, 0.05) is 19.1 Å². The van der Waals surface area contributed by atoms with Crippen molar-refractivity contribution in [2.24, 2.45) is 5.92 Å². The van der Waals surface area contributed by atoms with Crippen molar-refractivity contribution in [3.63, 3.8) is 0 Å². The van der Waals surface area contributed by atoms with E-state index in [1.165, 1.54) is 6.20 Å². The van der Waals surface area contributed by atoms with Crippen molar-refractivity contribution < 1.29 is 4.79 Å². The minimum Gasteiger partial charge on any atom is -0.357 e. The van der Waals surface area contributed by atoms with Gasteiger partial charge in [0.2, 0.25) is 5.91 Å². The summed E-state index contributed by atoms with van der Waals surface area (Å²) in [5.74, 6) is 1.07. The first kappa shape index (κ1) is 17.9. The minimum absolute atomic E-state index is 0.129. The number of aromatic nitrogens is 2. The molecule has 2 rings (SSSR count). The molecule has 0 bridgehead atoms. The van der Waals surface area contributed by atoms with Crippen LogP contribution in [0.2, 0.25) is 5.15 Å². The number of hydrogen-bond acceptors (Lipinski definition) is 5. The molecule has 1 aliphatic heterocycles. The zero-order chi connectivity index (χ0) is 17.0. The molecule has 0 unspecified atom stereocenters. The summed E-state index contributed by atoms with van der Waals surface area (Å²) in [6, 6.07) is 0.133. The quantitative estimate of drug-likeness (QED) is 0.860. The smallest absolute Gasteiger partial charge is 0.245 e. The van der Waals surface area contributed by atoms with Crippen LogP contribution in [0.5, 0.6) is 0 Å². The first-order valence-electron chi connectivity index (χ1n) is 8.06. The molecule has 2 atom stereocenters. The topological polar surface area (TPSA) is 61.4 Å². The van der Waals surface area contributed by atoms with E-state index in [2.05, 4.69) is 48.1 Å². The van der Waals surface area contributed by atoms with Gasteiger partial charge in [-0.25, -0.2) is 4.98 Å². The predicted molar refractivity (Wildman–Crippen MR) is 92.6 cm³/mol. The number of carbonyl (C=O) groups excluding carboxylic acids is 1. The van der Waals surface area contributed by atoms with Gasteiger partial charge in [0.05, 0.1) is 12.4 Å². The number of anilines is 1. The molecule has 0 spiro atoms. The van der Waals surface area contributed by atoms with Crippen LogP contribution in [0.4, 0.5) is 5.82 Å². The number of nitrogens with one attached hydrogen (secondary N) is 1. The number of rotatable bonds is 6. The van der Waals surface area contributed by atoms with Crippen LogP contribution in [0, 0.1) is 5.92 Å². The lowest BCUT2D eigenvalue weighted by molar-refractivity contribution is -0.131. The molecule has 1 aromatic rings. The van der Waals surface area contributed by atoms with Crippen LogP contribution in [0.3, 0.4) is 0 Å². The Kier molecular flexibility index (Phi) is 6.18. The summed E-state index contributed by atoms with van der Waals surface area (Å²) in [4.78, 5) is 25.2. The minimum atomic E-state index is -0.302. The lowest BCUT2D eigenvalue weighted by atomic mass is 10.0. The fraction of sp³-hybridized carbons (Fsp3) is 0.688. The number of halogens is 1. The number of likely N-dealkylation sites (N-methyl/N-ethyl adjacent to an activating group) is 1. The Bertz CT molecular complexity index is 537. The molecule has 1 saturated heterocycles. The van der Waals surface area contributed by atoms with Crippen LogP contribution >= 0.6 is 11.6 Å². The molecule has 23 heavy (non-hydrogen) atoms. The standard InChI is InChI=1S/C16H26ClN5O/c1-11(2)7-13(19-15-9-18-8-14(17)20-15)16(23)22-6-5-12(10-22)21(3)4/h8-9,11-13H,5-7,10H2,1-4H3,(H,19,20)/t12-,13-/m0/s1. The Hall–Kier alpha value is -1.40. The highest BCUT2D eigenvalue weighted by Crippen LogP contribution is 2.19. The zero-order valence-electron chi connectivity index (χ0n) is 14.3. The van der Waals surface area contributed by atoms with Gasteiger partial charge in [-0.15, -0.1) is 0 Å². The lowest BCUT2D eigenvalue weighted by Crippen LogP contribution is -2.44.